The van der Waals surface area contributed by atoms with Crippen LogP contribution in [0.2, 0.25) is 5.02 Å². The Labute approximate surface area is 163 Å². The molecule has 3 aromatic rings. The number of methoxy groups -OCH3 is 1. The van der Waals surface area contributed by atoms with Gasteiger partial charge in [-0.25, -0.2) is 14.5 Å². The SMILES string of the molecule is COC(=O)c1ncn(-c2ccc(OCc3c(Cl)cccc3OC(F)F)cc2)n1. The lowest BCUT2D eigenvalue weighted by Crippen LogP contribution is -2.07. The number of carbonyl (C=O) groups is 1. The van der Waals surface area contributed by atoms with Crippen LogP contribution in [0.15, 0.2) is 48.8 Å². The molecule has 0 atom stereocenters. The van der Waals surface area contributed by atoms with Crippen molar-refractivity contribution in [2.24, 2.45) is 0 Å². The first-order chi connectivity index (χ1) is 13.5. The monoisotopic (exact) mass is 409 g/mol. The Kier molecular flexibility index (Phi) is 6.05. The summed E-state index contributed by atoms with van der Waals surface area (Å²) in [7, 11) is 1.24. The van der Waals surface area contributed by atoms with Crippen LogP contribution in [0, 0.1) is 0 Å². The van der Waals surface area contributed by atoms with Gasteiger partial charge in [-0.2, -0.15) is 8.78 Å². The largest absolute Gasteiger partial charge is 0.489 e. The Morgan fingerprint density at radius 3 is 2.64 bits per heavy atom. The van der Waals surface area contributed by atoms with Gasteiger partial charge >= 0.3 is 12.6 Å². The Hall–Kier alpha value is -3.20. The van der Waals surface area contributed by atoms with Gasteiger partial charge in [0.1, 0.15) is 24.4 Å². The normalized spacial score (nSPS) is 10.8. The van der Waals surface area contributed by atoms with Gasteiger partial charge in [-0.3, -0.25) is 0 Å². The summed E-state index contributed by atoms with van der Waals surface area (Å²) in [4.78, 5) is 15.3. The molecule has 146 valence electrons. The van der Waals surface area contributed by atoms with E-state index in [1.54, 1.807) is 30.3 Å². The molecule has 0 aliphatic carbocycles. The van der Waals surface area contributed by atoms with Crippen molar-refractivity contribution in [3.63, 3.8) is 0 Å². The van der Waals surface area contributed by atoms with E-state index in [4.69, 9.17) is 16.3 Å². The highest BCUT2D eigenvalue weighted by Gasteiger charge is 2.14. The van der Waals surface area contributed by atoms with E-state index in [0.717, 1.165) is 0 Å². The molecule has 0 aliphatic heterocycles. The molecule has 0 saturated carbocycles. The number of carbonyl (C=O) groups excluding carboxylic acids is 1. The summed E-state index contributed by atoms with van der Waals surface area (Å²) < 4.78 is 41.1. The molecule has 0 unspecified atom stereocenters. The van der Waals surface area contributed by atoms with Crippen molar-refractivity contribution in [2.45, 2.75) is 13.2 Å². The summed E-state index contributed by atoms with van der Waals surface area (Å²) in [6.45, 7) is -3.02. The molecule has 10 heteroatoms. The highest BCUT2D eigenvalue weighted by Crippen LogP contribution is 2.29. The van der Waals surface area contributed by atoms with E-state index in [1.807, 2.05) is 0 Å². The predicted molar refractivity (Wildman–Crippen MR) is 95.1 cm³/mol. The van der Waals surface area contributed by atoms with E-state index < -0.39 is 12.6 Å². The van der Waals surface area contributed by atoms with Crippen molar-refractivity contribution < 1.29 is 27.8 Å². The summed E-state index contributed by atoms with van der Waals surface area (Å²) in [6, 6.07) is 11.1. The Morgan fingerprint density at radius 1 is 1.21 bits per heavy atom. The summed E-state index contributed by atoms with van der Waals surface area (Å²) >= 11 is 6.06. The van der Waals surface area contributed by atoms with Crippen LogP contribution >= 0.6 is 11.6 Å². The lowest BCUT2D eigenvalue weighted by atomic mass is 10.2. The number of benzene rings is 2. The van der Waals surface area contributed by atoms with E-state index in [9.17, 15) is 13.6 Å². The maximum absolute atomic E-state index is 12.5. The van der Waals surface area contributed by atoms with Gasteiger partial charge in [-0.05, 0) is 36.4 Å². The van der Waals surface area contributed by atoms with E-state index in [0.29, 0.717) is 17.0 Å². The molecule has 0 radical (unpaired) electrons. The summed E-state index contributed by atoms with van der Waals surface area (Å²) in [5.74, 6) is -0.273. The third-order valence-corrected chi connectivity index (χ3v) is 3.99. The summed E-state index contributed by atoms with van der Waals surface area (Å²) in [5, 5.41) is 4.27. The Morgan fingerprint density at radius 2 is 1.96 bits per heavy atom. The minimum atomic E-state index is -2.96. The number of rotatable bonds is 7. The maximum atomic E-state index is 12.5. The van der Waals surface area contributed by atoms with Crippen LogP contribution in [0.25, 0.3) is 5.69 Å². The van der Waals surface area contributed by atoms with Gasteiger partial charge in [-0.15, -0.1) is 5.10 Å². The van der Waals surface area contributed by atoms with Crippen LogP contribution in [-0.4, -0.2) is 34.5 Å². The number of hydrogen-bond acceptors (Lipinski definition) is 6. The molecular weight excluding hydrogens is 396 g/mol. The van der Waals surface area contributed by atoms with Crippen LogP contribution in [0.4, 0.5) is 8.78 Å². The zero-order valence-electron chi connectivity index (χ0n) is 14.5. The fraction of sp³-hybridized carbons (Fsp3) is 0.167. The fourth-order valence-electron chi connectivity index (χ4n) is 2.31. The number of esters is 1. The Balaban J connectivity index is 1.70. The minimum Gasteiger partial charge on any atom is -0.489 e. The van der Waals surface area contributed by atoms with E-state index in [1.165, 1.54) is 30.3 Å². The third-order valence-electron chi connectivity index (χ3n) is 3.64. The molecular formula is C18H14ClF2N3O4. The van der Waals surface area contributed by atoms with Gasteiger partial charge in [-0.1, -0.05) is 17.7 Å². The molecule has 0 saturated heterocycles. The minimum absolute atomic E-state index is 0.0444. The summed E-state index contributed by atoms with van der Waals surface area (Å²) in [6.07, 6.45) is 1.37. The van der Waals surface area contributed by atoms with Gasteiger partial charge in [0.25, 0.3) is 5.82 Å². The van der Waals surface area contributed by atoms with Gasteiger partial charge in [0.2, 0.25) is 0 Å². The highest BCUT2D eigenvalue weighted by molar-refractivity contribution is 6.31. The lowest BCUT2D eigenvalue weighted by molar-refractivity contribution is -0.0508. The van der Waals surface area contributed by atoms with Crippen LogP contribution in [0.3, 0.4) is 0 Å². The molecule has 2 aromatic carbocycles. The van der Waals surface area contributed by atoms with Crippen molar-refractivity contribution >= 4 is 17.6 Å². The molecule has 0 bridgehead atoms. The van der Waals surface area contributed by atoms with Crippen molar-refractivity contribution in [3.8, 4) is 17.2 Å². The number of nitrogens with zero attached hydrogens (tertiary/aromatic N) is 3. The molecule has 0 aliphatic rings. The van der Waals surface area contributed by atoms with Crippen LogP contribution in [0.5, 0.6) is 11.5 Å². The van der Waals surface area contributed by atoms with E-state index in [2.05, 4.69) is 19.6 Å². The van der Waals surface area contributed by atoms with Gasteiger partial charge in [0.15, 0.2) is 0 Å². The van der Waals surface area contributed by atoms with Crippen molar-refractivity contribution in [1.29, 1.82) is 0 Å². The lowest BCUT2D eigenvalue weighted by Gasteiger charge is -2.13. The van der Waals surface area contributed by atoms with Gasteiger partial charge < -0.3 is 14.2 Å². The second-order valence-corrected chi connectivity index (χ2v) is 5.79. The molecule has 1 aromatic heterocycles. The third kappa shape index (κ3) is 4.55. The van der Waals surface area contributed by atoms with Gasteiger partial charge in [0, 0.05) is 0 Å². The quantitative estimate of drug-likeness (QED) is 0.551. The zero-order valence-corrected chi connectivity index (χ0v) is 15.3. The number of halogens is 3. The molecule has 0 spiro atoms. The molecule has 28 heavy (non-hydrogen) atoms. The molecule has 1 heterocycles. The van der Waals surface area contributed by atoms with Gasteiger partial charge in [0.05, 0.1) is 23.4 Å². The van der Waals surface area contributed by atoms with Crippen molar-refractivity contribution in [1.82, 2.24) is 14.8 Å². The van der Waals surface area contributed by atoms with Crippen LogP contribution in [0.1, 0.15) is 16.2 Å². The second-order valence-electron chi connectivity index (χ2n) is 5.38. The molecule has 0 amide bonds. The first kappa shape index (κ1) is 19.6. The first-order valence-electron chi connectivity index (χ1n) is 7.93. The number of ether oxygens (including phenoxy) is 3. The summed E-state index contributed by atoms with van der Waals surface area (Å²) in [5.41, 5.74) is 0.946. The fourth-order valence-corrected chi connectivity index (χ4v) is 2.53. The van der Waals surface area contributed by atoms with Crippen molar-refractivity contribution in [3.05, 3.63) is 65.2 Å². The predicted octanol–water partition coefficient (Wildman–Crippen LogP) is 3.89. The first-order valence-corrected chi connectivity index (χ1v) is 8.31. The van der Waals surface area contributed by atoms with Crippen molar-refractivity contribution in [2.75, 3.05) is 7.11 Å². The van der Waals surface area contributed by atoms with Crippen LogP contribution < -0.4 is 9.47 Å². The highest BCUT2D eigenvalue weighted by atomic mass is 35.5. The number of hydrogen-bond donors (Lipinski definition) is 0. The number of aromatic nitrogens is 3. The molecule has 7 nitrogen and oxygen atoms in total. The zero-order chi connectivity index (χ0) is 20.1. The topological polar surface area (TPSA) is 75.5 Å². The average Bonchev–Trinajstić information content (AvgIpc) is 3.17. The van der Waals surface area contributed by atoms with Crippen LogP contribution in [-0.2, 0) is 11.3 Å². The maximum Gasteiger partial charge on any atom is 0.387 e. The van der Waals surface area contributed by atoms with E-state index >= 15 is 0 Å². The molecule has 3 rings (SSSR count). The molecule has 0 fully saturated rings. The number of alkyl halides is 2. The smallest absolute Gasteiger partial charge is 0.387 e. The average molecular weight is 410 g/mol. The molecule has 0 N–H and O–H groups in total. The Bertz CT molecular complexity index is 964. The standard InChI is InChI=1S/C18H14ClF2N3O4/c1-26-17(25)16-22-10-24(23-16)11-5-7-12(8-6-11)27-9-13-14(19)3-2-4-15(13)28-18(20)21/h2-8,10,18H,9H2,1H3. The second kappa shape index (κ2) is 8.66. The van der Waals surface area contributed by atoms with E-state index in [-0.39, 0.29) is 23.2 Å².